The molecule has 4 aromatic rings. The fourth-order valence-corrected chi connectivity index (χ4v) is 4.97. The molecule has 10 heteroatoms. The second-order valence-corrected chi connectivity index (χ2v) is 9.70. The van der Waals surface area contributed by atoms with Crippen molar-refractivity contribution >= 4 is 23.1 Å². The molecule has 1 aliphatic rings. The highest BCUT2D eigenvalue weighted by molar-refractivity contribution is 6.01. The predicted octanol–water partition coefficient (Wildman–Crippen LogP) is 6.78. The lowest BCUT2D eigenvalue weighted by Crippen LogP contribution is -2.38. The van der Waals surface area contributed by atoms with Gasteiger partial charge >= 0.3 is 12.1 Å². The first-order valence-corrected chi connectivity index (χ1v) is 13.1. The Hall–Kier alpha value is -4.05. The average molecular weight is 554 g/mol. The zero-order chi connectivity index (χ0) is 28.3. The molecule has 3 aromatic carbocycles. The molecule has 1 saturated heterocycles. The SMILES string of the molecule is CCOc1cc(CN2CCC(Nc3nc4cccc(C(=O)OC)c4o3)CC2)ccc1-c1ccc(C(F)(F)F)cc1. The Morgan fingerprint density at radius 1 is 1.10 bits per heavy atom. The first-order valence-electron chi connectivity index (χ1n) is 13.1. The molecule has 210 valence electrons. The average Bonchev–Trinajstić information content (AvgIpc) is 3.36. The molecule has 1 fully saturated rings. The third-order valence-corrected chi connectivity index (χ3v) is 7.01. The molecule has 0 bridgehead atoms. The smallest absolute Gasteiger partial charge is 0.416 e. The summed E-state index contributed by atoms with van der Waals surface area (Å²) < 4.78 is 55.5. The molecular formula is C30H30F3N3O4. The van der Waals surface area contributed by atoms with Crippen molar-refractivity contribution < 1.29 is 31.9 Å². The zero-order valence-electron chi connectivity index (χ0n) is 22.3. The van der Waals surface area contributed by atoms with Crippen LogP contribution in [0.25, 0.3) is 22.2 Å². The summed E-state index contributed by atoms with van der Waals surface area (Å²) in [5, 5.41) is 3.36. The van der Waals surface area contributed by atoms with E-state index < -0.39 is 17.7 Å². The number of halogens is 3. The number of hydrogen-bond donors (Lipinski definition) is 1. The number of likely N-dealkylation sites (tertiary alicyclic amines) is 1. The fraction of sp³-hybridized carbons (Fsp3) is 0.333. The standard InChI is InChI=1S/C30H30F3N3O4/c1-3-39-26-17-19(7-12-23(26)20-8-10-21(11-9-20)30(31,32)33)18-36-15-13-22(14-16-36)34-29-35-25-6-4-5-24(27(25)40-29)28(37)38-2/h4-12,17,22H,3,13-16,18H2,1-2H3,(H,34,35). The number of benzene rings is 3. The van der Waals surface area contributed by atoms with Crippen molar-refractivity contribution in [2.75, 3.05) is 32.1 Å². The number of fused-ring (bicyclic) bond motifs is 1. The van der Waals surface area contributed by atoms with E-state index in [1.54, 1.807) is 18.2 Å². The number of nitrogens with zero attached hydrogens (tertiary/aromatic N) is 2. The summed E-state index contributed by atoms with van der Waals surface area (Å²) in [6, 6.07) is 16.8. The number of hydrogen-bond acceptors (Lipinski definition) is 7. The van der Waals surface area contributed by atoms with Gasteiger partial charge in [0.25, 0.3) is 6.01 Å². The molecule has 2 heterocycles. The number of ether oxygens (including phenoxy) is 2. The molecule has 0 atom stereocenters. The van der Waals surface area contributed by atoms with Crippen molar-refractivity contribution in [1.82, 2.24) is 9.88 Å². The van der Waals surface area contributed by atoms with Gasteiger partial charge in [-0.15, -0.1) is 0 Å². The van der Waals surface area contributed by atoms with E-state index in [0.29, 0.717) is 40.6 Å². The van der Waals surface area contributed by atoms with Crippen LogP contribution in [0.1, 0.15) is 41.3 Å². The number of alkyl halides is 3. The molecule has 1 N–H and O–H groups in total. The van der Waals surface area contributed by atoms with E-state index >= 15 is 0 Å². The minimum absolute atomic E-state index is 0.173. The second-order valence-electron chi connectivity index (χ2n) is 9.70. The molecule has 1 aromatic heterocycles. The molecule has 0 radical (unpaired) electrons. The number of rotatable bonds is 8. The number of oxazole rings is 1. The number of para-hydroxylation sites is 1. The molecule has 0 spiro atoms. The van der Waals surface area contributed by atoms with Crippen LogP contribution in [-0.4, -0.2) is 48.7 Å². The largest absolute Gasteiger partial charge is 0.493 e. The lowest BCUT2D eigenvalue weighted by atomic mass is 10.00. The van der Waals surface area contributed by atoms with Gasteiger partial charge in [0.05, 0.1) is 19.3 Å². The van der Waals surface area contributed by atoms with Crippen LogP contribution in [-0.2, 0) is 17.5 Å². The van der Waals surface area contributed by atoms with Crippen LogP contribution in [0.5, 0.6) is 5.75 Å². The summed E-state index contributed by atoms with van der Waals surface area (Å²) in [6.07, 6.45) is -2.61. The molecule has 0 aliphatic carbocycles. The third-order valence-electron chi connectivity index (χ3n) is 7.01. The van der Waals surface area contributed by atoms with Crippen molar-refractivity contribution in [3.05, 3.63) is 77.4 Å². The maximum Gasteiger partial charge on any atom is 0.416 e. The van der Waals surface area contributed by atoms with Gasteiger partial charge in [0.15, 0.2) is 5.58 Å². The van der Waals surface area contributed by atoms with Crippen LogP contribution >= 0.6 is 0 Å². The molecule has 5 rings (SSSR count). The first kappa shape index (κ1) is 27.5. The fourth-order valence-electron chi connectivity index (χ4n) is 4.97. The molecule has 7 nitrogen and oxygen atoms in total. The van der Waals surface area contributed by atoms with Gasteiger partial charge in [-0.3, -0.25) is 4.90 Å². The van der Waals surface area contributed by atoms with Crippen LogP contribution in [0.3, 0.4) is 0 Å². The van der Waals surface area contributed by atoms with Crippen LogP contribution in [0, 0.1) is 0 Å². The Bertz CT molecular complexity index is 1480. The van der Waals surface area contributed by atoms with Gasteiger partial charge in [-0.2, -0.15) is 18.2 Å². The number of nitrogens with one attached hydrogen (secondary N) is 1. The number of aromatic nitrogens is 1. The van der Waals surface area contributed by atoms with Crippen molar-refractivity contribution in [2.24, 2.45) is 0 Å². The molecular weight excluding hydrogens is 523 g/mol. The maximum absolute atomic E-state index is 13.0. The number of piperidine rings is 1. The van der Waals surface area contributed by atoms with E-state index in [0.717, 1.165) is 55.7 Å². The van der Waals surface area contributed by atoms with E-state index in [1.165, 1.54) is 19.2 Å². The van der Waals surface area contributed by atoms with E-state index in [-0.39, 0.29) is 6.04 Å². The number of methoxy groups -OCH3 is 1. The molecule has 0 unspecified atom stereocenters. The highest BCUT2D eigenvalue weighted by atomic mass is 19.4. The van der Waals surface area contributed by atoms with E-state index in [4.69, 9.17) is 13.9 Å². The molecule has 1 aliphatic heterocycles. The quantitative estimate of drug-likeness (QED) is 0.241. The number of anilines is 1. The first-order chi connectivity index (χ1) is 19.2. The lowest BCUT2D eigenvalue weighted by Gasteiger charge is -2.32. The van der Waals surface area contributed by atoms with Gasteiger partial charge in [0.2, 0.25) is 0 Å². The van der Waals surface area contributed by atoms with E-state index in [9.17, 15) is 18.0 Å². The summed E-state index contributed by atoms with van der Waals surface area (Å²) >= 11 is 0. The van der Waals surface area contributed by atoms with Crippen molar-refractivity contribution in [1.29, 1.82) is 0 Å². The molecule has 40 heavy (non-hydrogen) atoms. The normalized spacial score (nSPS) is 14.8. The Morgan fingerprint density at radius 2 is 1.85 bits per heavy atom. The lowest BCUT2D eigenvalue weighted by molar-refractivity contribution is -0.137. The second kappa shape index (κ2) is 11.6. The van der Waals surface area contributed by atoms with Crippen molar-refractivity contribution in [2.45, 2.75) is 38.5 Å². The monoisotopic (exact) mass is 553 g/mol. The van der Waals surface area contributed by atoms with Crippen LogP contribution in [0.2, 0.25) is 0 Å². The molecule has 0 saturated carbocycles. The van der Waals surface area contributed by atoms with Crippen molar-refractivity contribution in [3.8, 4) is 16.9 Å². The van der Waals surface area contributed by atoms with E-state index in [2.05, 4.69) is 15.2 Å². The number of esters is 1. The minimum Gasteiger partial charge on any atom is -0.493 e. The van der Waals surface area contributed by atoms with Gasteiger partial charge in [0.1, 0.15) is 16.8 Å². The number of carbonyl (C=O) groups is 1. The van der Waals surface area contributed by atoms with Crippen LogP contribution < -0.4 is 10.1 Å². The topological polar surface area (TPSA) is 76.8 Å². The Balaban J connectivity index is 1.21. The Morgan fingerprint density at radius 3 is 2.52 bits per heavy atom. The highest BCUT2D eigenvalue weighted by Gasteiger charge is 2.30. The Kier molecular flexibility index (Phi) is 7.97. The van der Waals surface area contributed by atoms with Gasteiger partial charge in [-0.05, 0) is 61.2 Å². The minimum atomic E-state index is -4.37. The van der Waals surface area contributed by atoms with Gasteiger partial charge in [-0.25, -0.2) is 4.79 Å². The van der Waals surface area contributed by atoms with Gasteiger partial charge in [0, 0.05) is 31.2 Å². The zero-order valence-corrected chi connectivity index (χ0v) is 22.3. The van der Waals surface area contributed by atoms with E-state index in [1.807, 2.05) is 25.1 Å². The Labute approximate surface area is 229 Å². The third kappa shape index (κ3) is 6.07. The summed E-state index contributed by atoms with van der Waals surface area (Å²) in [6.45, 7) is 4.77. The summed E-state index contributed by atoms with van der Waals surface area (Å²) in [4.78, 5) is 18.9. The highest BCUT2D eigenvalue weighted by Crippen LogP contribution is 2.35. The summed E-state index contributed by atoms with van der Waals surface area (Å²) in [5.74, 6) is 0.181. The van der Waals surface area contributed by atoms with Gasteiger partial charge in [-0.1, -0.05) is 30.3 Å². The summed E-state index contributed by atoms with van der Waals surface area (Å²) in [7, 11) is 1.33. The molecule has 0 amide bonds. The maximum atomic E-state index is 13.0. The summed E-state index contributed by atoms with van der Waals surface area (Å²) in [5.41, 5.74) is 3.16. The number of carbonyl (C=O) groups excluding carboxylic acids is 1. The van der Waals surface area contributed by atoms with Gasteiger partial charge < -0.3 is 19.2 Å². The van der Waals surface area contributed by atoms with Crippen LogP contribution in [0.4, 0.5) is 19.2 Å². The van der Waals surface area contributed by atoms with Crippen LogP contribution in [0.15, 0.2) is 65.1 Å². The van der Waals surface area contributed by atoms with Crippen molar-refractivity contribution in [3.63, 3.8) is 0 Å². The predicted molar refractivity (Wildman–Crippen MR) is 145 cm³/mol.